The highest BCUT2D eigenvalue weighted by molar-refractivity contribution is 9.11. The molecule has 0 aliphatic carbocycles. The Labute approximate surface area is 147 Å². The van der Waals surface area contributed by atoms with Crippen LogP contribution in [0.25, 0.3) is 22.1 Å². The van der Waals surface area contributed by atoms with Gasteiger partial charge in [-0.3, -0.25) is 0 Å². The van der Waals surface area contributed by atoms with Crippen LogP contribution < -0.4 is 10.5 Å². The summed E-state index contributed by atoms with van der Waals surface area (Å²) in [7, 11) is 1.53. The maximum atomic E-state index is 6.08. The second-order valence-electron chi connectivity index (χ2n) is 4.15. The third-order valence-corrected chi connectivity index (χ3v) is 4.78. The molecule has 0 aliphatic rings. The Balaban J connectivity index is 2.25. The van der Waals surface area contributed by atoms with Crippen LogP contribution >= 0.6 is 43.2 Å². The molecule has 22 heavy (non-hydrogen) atoms. The van der Waals surface area contributed by atoms with Crippen molar-refractivity contribution in [3.63, 3.8) is 0 Å². The molecule has 0 saturated carbocycles. The molecule has 0 radical (unpaired) electrons. The molecule has 0 bridgehead atoms. The molecule has 6 nitrogen and oxygen atoms in total. The Bertz CT molecular complexity index is 826. The van der Waals surface area contributed by atoms with E-state index in [1.54, 1.807) is 18.5 Å². The van der Waals surface area contributed by atoms with E-state index in [0.717, 1.165) is 5.01 Å². The molecule has 3 aromatic heterocycles. The number of aromatic nitrogens is 4. The number of ether oxygens (including phenoxy) is 1. The molecule has 3 rings (SSSR count). The average Bonchev–Trinajstić information content (AvgIpc) is 3.04. The SMILES string of the molecule is COc1ncc(Br)nc1-c1nc(-c2nccs2)cc(N)c1Br. The first-order valence-corrected chi connectivity index (χ1v) is 8.49. The maximum Gasteiger partial charge on any atom is 0.242 e. The van der Waals surface area contributed by atoms with E-state index in [4.69, 9.17) is 10.5 Å². The van der Waals surface area contributed by atoms with Crippen molar-refractivity contribution in [2.45, 2.75) is 0 Å². The molecule has 3 aromatic rings. The summed E-state index contributed by atoms with van der Waals surface area (Å²) in [4.78, 5) is 17.5. The normalized spacial score (nSPS) is 10.7. The lowest BCUT2D eigenvalue weighted by molar-refractivity contribution is 0.397. The zero-order chi connectivity index (χ0) is 15.7. The summed E-state index contributed by atoms with van der Waals surface area (Å²) in [6, 6.07) is 1.77. The highest BCUT2D eigenvalue weighted by Gasteiger charge is 2.19. The number of rotatable bonds is 3. The van der Waals surface area contributed by atoms with E-state index in [9.17, 15) is 0 Å². The molecule has 0 atom stereocenters. The van der Waals surface area contributed by atoms with Crippen LogP contribution in [0.1, 0.15) is 0 Å². The molecule has 0 aliphatic heterocycles. The lowest BCUT2D eigenvalue weighted by Crippen LogP contribution is -2.01. The standard InChI is InChI=1S/C13H9Br2N5OS/c1-21-12-11(20-8(14)5-18-12)10-9(15)6(16)4-7(19-10)13-17-2-3-22-13/h2-5H,1H3,(H2,16,19). The molecule has 0 unspecified atom stereocenters. The second kappa shape index (κ2) is 6.27. The van der Waals surface area contributed by atoms with E-state index >= 15 is 0 Å². The van der Waals surface area contributed by atoms with Gasteiger partial charge in [-0.25, -0.2) is 19.9 Å². The number of hydrogen-bond acceptors (Lipinski definition) is 7. The van der Waals surface area contributed by atoms with Crippen molar-refractivity contribution in [1.29, 1.82) is 0 Å². The van der Waals surface area contributed by atoms with Crippen LogP contribution in [0.3, 0.4) is 0 Å². The van der Waals surface area contributed by atoms with Crippen molar-refractivity contribution in [1.82, 2.24) is 19.9 Å². The van der Waals surface area contributed by atoms with Crippen LogP contribution in [-0.2, 0) is 0 Å². The average molecular weight is 443 g/mol. The second-order valence-corrected chi connectivity index (χ2v) is 6.65. The lowest BCUT2D eigenvalue weighted by atomic mass is 10.2. The van der Waals surface area contributed by atoms with Gasteiger partial charge < -0.3 is 10.5 Å². The zero-order valence-electron chi connectivity index (χ0n) is 11.2. The molecule has 0 fully saturated rings. The van der Waals surface area contributed by atoms with Gasteiger partial charge in [0.2, 0.25) is 5.88 Å². The van der Waals surface area contributed by atoms with E-state index in [2.05, 4.69) is 51.8 Å². The van der Waals surface area contributed by atoms with Crippen LogP contribution in [0.4, 0.5) is 5.69 Å². The fourth-order valence-corrected chi connectivity index (χ4v) is 3.09. The van der Waals surface area contributed by atoms with Crippen molar-refractivity contribution in [3.8, 4) is 28.0 Å². The van der Waals surface area contributed by atoms with Gasteiger partial charge in [-0.2, -0.15) is 0 Å². The van der Waals surface area contributed by atoms with E-state index in [0.29, 0.717) is 37.7 Å². The number of pyridine rings is 1. The number of hydrogen-bond donors (Lipinski definition) is 1. The van der Waals surface area contributed by atoms with Gasteiger partial charge in [0.25, 0.3) is 0 Å². The number of methoxy groups -OCH3 is 1. The van der Waals surface area contributed by atoms with Gasteiger partial charge in [-0.05, 0) is 37.9 Å². The van der Waals surface area contributed by atoms with E-state index < -0.39 is 0 Å². The van der Waals surface area contributed by atoms with Crippen molar-refractivity contribution >= 4 is 48.9 Å². The van der Waals surface area contributed by atoms with Gasteiger partial charge in [0.1, 0.15) is 21.0 Å². The molecule has 3 heterocycles. The van der Waals surface area contributed by atoms with Gasteiger partial charge in [0, 0.05) is 11.6 Å². The van der Waals surface area contributed by atoms with Crippen LogP contribution in [-0.4, -0.2) is 27.0 Å². The topological polar surface area (TPSA) is 86.8 Å². The molecule has 0 aromatic carbocycles. The Morgan fingerprint density at radius 3 is 2.68 bits per heavy atom. The number of anilines is 1. The van der Waals surface area contributed by atoms with Crippen molar-refractivity contribution in [2.24, 2.45) is 0 Å². The number of nitrogens with zero attached hydrogens (tertiary/aromatic N) is 4. The van der Waals surface area contributed by atoms with Gasteiger partial charge >= 0.3 is 0 Å². The summed E-state index contributed by atoms with van der Waals surface area (Å²) in [5.41, 5.74) is 8.35. The summed E-state index contributed by atoms with van der Waals surface area (Å²) in [6.45, 7) is 0. The summed E-state index contributed by atoms with van der Waals surface area (Å²) >= 11 is 8.26. The Morgan fingerprint density at radius 2 is 2.00 bits per heavy atom. The molecule has 112 valence electrons. The van der Waals surface area contributed by atoms with Gasteiger partial charge in [0.05, 0.1) is 23.5 Å². The van der Waals surface area contributed by atoms with E-state index in [-0.39, 0.29) is 0 Å². The largest absolute Gasteiger partial charge is 0.479 e. The van der Waals surface area contributed by atoms with Crippen molar-refractivity contribution < 1.29 is 4.74 Å². The first kappa shape index (κ1) is 15.3. The van der Waals surface area contributed by atoms with Gasteiger partial charge in [0.15, 0.2) is 5.69 Å². The molecule has 0 saturated heterocycles. The Hall–Kier alpha value is -1.58. The van der Waals surface area contributed by atoms with Gasteiger partial charge in [-0.1, -0.05) is 0 Å². The Morgan fingerprint density at radius 1 is 1.18 bits per heavy atom. The molecule has 2 N–H and O–H groups in total. The van der Waals surface area contributed by atoms with Crippen LogP contribution in [0.5, 0.6) is 5.88 Å². The van der Waals surface area contributed by atoms with Crippen LogP contribution in [0.2, 0.25) is 0 Å². The maximum absolute atomic E-state index is 6.08. The zero-order valence-corrected chi connectivity index (χ0v) is 15.2. The fourth-order valence-electron chi connectivity index (χ4n) is 1.83. The number of thiazole rings is 1. The van der Waals surface area contributed by atoms with Crippen LogP contribution in [0, 0.1) is 0 Å². The van der Waals surface area contributed by atoms with E-state index in [1.165, 1.54) is 18.4 Å². The summed E-state index contributed by atoms with van der Waals surface area (Å²) < 4.78 is 6.49. The first-order chi connectivity index (χ1) is 10.6. The number of nitrogen functional groups attached to an aromatic ring is 1. The molecule has 9 heteroatoms. The number of nitrogens with two attached hydrogens (primary N) is 1. The van der Waals surface area contributed by atoms with Gasteiger partial charge in [-0.15, -0.1) is 11.3 Å². The Kier molecular flexibility index (Phi) is 4.37. The molecular weight excluding hydrogens is 434 g/mol. The minimum atomic E-state index is 0.368. The third kappa shape index (κ3) is 2.83. The lowest BCUT2D eigenvalue weighted by Gasteiger charge is -2.11. The predicted octanol–water partition coefficient (Wildman–Crippen LogP) is 3.78. The van der Waals surface area contributed by atoms with E-state index in [1.807, 2.05) is 5.38 Å². The molecule has 0 spiro atoms. The molecular formula is C13H9Br2N5OS. The highest BCUT2D eigenvalue weighted by atomic mass is 79.9. The predicted molar refractivity (Wildman–Crippen MR) is 92.7 cm³/mol. The third-order valence-electron chi connectivity index (χ3n) is 2.76. The first-order valence-electron chi connectivity index (χ1n) is 6.03. The molecule has 0 amide bonds. The smallest absolute Gasteiger partial charge is 0.242 e. The van der Waals surface area contributed by atoms with Crippen molar-refractivity contribution in [3.05, 3.63) is 32.9 Å². The van der Waals surface area contributed by atoms with Crippen molar-refractivity contribution in [2.75, 3.05) is 12.8 Å². The van der Waals surface area contributed by atoms with Crippen LogP contribution in [0.15, 0.2) is 32.9 Å². The monoisotopic (exact) mass is 441 g/mol. The minimum Gasteiger partial charge on any atom is -0.479 e. The number of halogens is 2. The minimum absolute atomic E-state index is 0.368. The summed E-state index contributed by atoms with van der Waals surface area (Å²) in [6.07, 6.45) is 3.28. The summed E-state index contributed by atoms with van der Waals surface area (Å²) in [5, 5.41) is 2.66. The fraction of sp³-hybridized carbons (Fsp3) is 0.0769. The highest BCUT2D eigenvalue weighted by Crippen LogP contribution is 2.37. The quantitative estimate of drug-likeness (QED) is 0.664. The summed E-state index contributed by atoms with van der Waals surface area (Å²) in [5.74, 6) is 0.368.